The number of halogens is 3. The average Bonchev–Trinajstić information content (AvgIpc) is 2.21. The van der Waals surface area contributed by atoms with Crippen molar-refractivity contribution in [1.82, 2.24) is 0 Å². The van der Waals surface area contributed by atoms with Gasteiger partial charge in [-0.05, 0) is 6.92 Å². The van der Waals surface area contributed by atoms with E-state index in [1.54, 1.807) is 6.92 Å². The van der Waals surface area contributed by atoms with E-state index in [0.717, 1.165) is 12.1 Å². The zero-order valence-corrected chi connectivity index (χ0v) is 8.20. The Morgan fingerprint density at radius 1 is 1.20 bits per heavy atom. The first-order valence-electron chi connectivity index (χ1n) is 4.43. The summed E-state index contributed by atoms with van der Waals surface area (Å²) in [5.74, 6) is 1.63. The molecule has 0 saturated heterocycles. The molecule has 0 fully saturated rings. The molecule has 0 amide bonds. The van der Waals surface area contributed by atoms with Crippen molar-refractivity contribution in [2.24, 2.45) is 0 Å². The zero-order valence-electron chi connectivity index (χ0n) is 8.20. The highest BCUT2D eigenvalue weighted by Gasteiger charge is 2.09. The van der Waals surface area contributed by atoms with E-state index >= 15 is 0 Å². The van der Waals surface area contributed by atoms with E-state index in [-0.39, 0.29) is 5.69 Å². The molecule has 0 aliphatic heterocycles. The van der Waals surface area contributed by atoms with E-state index < -0.39 is 17.5 Å². The van der Waals surface area contributed by atoms with Crippen molar-refractivity contribution in [3.8, 4) is 11.8 Å². The summed E-state index contributed by atoms with van der Waals surface area (Å²) in [6, 6.07) is 1.83. The number of hydrogen-bond donors (Lipinski definition) is 1. The quantitative estimate of drug-likeness (QED) is 0.462. The molecule has 15 heavy (non-hydrogen) atoms. The number of hydrogen-bond acceptors (Lipinski definition) is 1. The maximum Gasteiger partial charge on any atom is 0.194 e. The highest BCUT2D eigenvalue weighted by atomic mass is 19.2. The summed E-state index contributed by atoms with van der Waals surface area (Å²) < 4.78 is 38.0. The van der Waals surface area contributed by atoms with Crippen molar-refractivity contribution in [3.63, 3.8) is 0 Å². The van der Waals surface area contributed by atoms with Gasteiger partial charge in [0.2, 0.25) is 0 Å². The monoisotopic (exact) mass is 213 g/mol. The first-order chi connectivity index (χ1) is 7.15. The molecule has 1 aromatic carbocycles. The normalized spacial score (nSPS) is 9.33. The van der Waals surface area contributed by atoms with Crippen molar-refractivity contribution < 1.29 is 13.2 Å². The van der Waals surface area contributed by atoms with Crippen LogP contribution in [0.15, 0.2) is 12.1 Å². The van der Waals surface area contributed by atoms with Crippen molar-refractivity contribution in [1.29, 1.82) is 0 Å². The molecule has 1 N–H and O–H groups in total. The molecule has 0 atom stereocenters. The predicted octanol–water partition coefficient (Wildman–Crippen LogP) is 2.93. The van der Waals surface area contributed by atoms with E-state index in [4.69, 9.17) is 0 Å². The molecule has 0 aliphatic carbocycles. The molecule has 1 nitrogen and oxygen atoms in total. The molecule has 1 aromatic rings. The van der Waals surface area contributed by atoms with Gasteiger partial charge in [-0.1, -0.05) is 0 Å². The van der Waals surface area contributed by atoms with Gasteiger partial charge in [-0.25, -0.2) is 13.2 Å². The second-order valence-corrected chi connectivity index (χ2v) is 2.86. The van der Waals surface area contributed by atoms with Crippen molar-refractivity contribution >= 4 is 5.69 Å². The minimum absolute atomic E-state index is 0.212. The Morgan fingerprint density at radius 3 is 2.33 bits per heavy atom. The van der Waals surface area contributed by atoms with Gasteiger partial charge in [0.15, 0.2) is 17.5 Å². The summed E-state index contributed by atoms with van der Waals surface area (Å²) in [4.78, 5) is 0. The van der Waals surface area contributed by atoms with Crippen LogP contribution in [0.5, 0.6) is 0 Å². The Morgan fingerprint density at radius 2 is 1.80 bits per heavy atom. The Balaban J connectivity index is 2.65. The molecule has 0 heterocycles. The van der Waals surface area contributed by atoms with Gasteiger partial charge in [-0.3, -0.25) is 0 Å². The third kappa shape index (κ3) is 3.21. The molecule has 0 saturated carbocycles. The predicted molar refractivity (Wildman–Crippen MR) is 52.9 cm³/mol. The van der Waals surface area contributed by atoms with Gasteiger partial charge >= 0.3 is 0 Å². The fraction of sp³-hybridized carbons (Fsp3) is 0.273. The lowest BCUT2D eigenvalue weighted by Gasteiger charge is -2.05. The molecule has 0 aliphatic rings. The fourth-order valence-electron chi connectivity index (χ4n) is 1.05. The molecule has 0 radical (unpaired) electrons. The van der Waals surface area contributed by atoms with Gasteiger partial charge < -0.3 is 5.32 Å². The molecule has 80 valence electrons. The summed E-state index contributed by atoms with van der Waals surface area (Å²) in [5.41, 5.74) is 0.212. The summed E-state index contributed by atoms with van der Waals surface area (Å²) in [6.45, 7) is 2.17. The summed E-state index contributed by atoms with van der Waals surface area (Å²) in [7, 11) is 0. The van der Waals surface area contributed by atoms with Crippen LogP contribution in [0.1, 0.15) is 13.3 Å². The van der Waals surface area contributed by atoms with Gasteiger partial charge in [0.1, 0.15) is 0 Å². The van der Waals surface area contributed by atoms with E-state index in [9.17, 15) is 13.2 Å². The zero-order chi connectivity index (χ0) is 11.3. The lowest BCUT2D eigenvalue weighted by atomic mass is 10.2. The first kappa shape index (κ1) is 11.4. The van der Waals surface area contributed by atoms with Crippen LogP contribution in [-0.2, 0) is 0 Å². The van der Waals surface area contributed by atoms with Gasteiger partial charge in [-0.2, -0.15) is 0 Å². The van der Waals surface area contributed by atoms with E-state index in [1.165, 1.54) is 0 Å². The van der Waals surface area contributed by atoms with E-state index in [2.05, 4.69) is 17.2 Å². The van der Waals surface area contributed by atoms with Crippen LogP contribution in [0.4, 0.5) is 18.9 Å². The maximum absolute atomic E-state index is 12.7. The Labute approximate surface area is 86.3 Å². The smallest absolute Gasteiger partial charge is 0.194 e. The summed E-state index contributed by atoms with van der Waals surface area (Å²) in [6.07, 6.45) is 0.567. The highest BCUT2D eigenvalue weighted by Crippen LogP contribution is 2.16. The van der Waals surface area contributed by atoms with Crippen LogP contribution in [-0.4, -0.2) is 6.54 Å². The Kier molecular flexibility index (Phi) is 4.04. The number of benzene rings is 1. The third-order valence-corrected chi connectivity index (χ3v) is 1.74. The standard InChI is InChI=1S/C11H10F3N/c1-2-3-4-5-15-8-6-9(12)11(14)10(13)7-8/h6-7,15H,4-5H2,1H3. The third-order valence-electron chi connectivity index (χ3n) is 1.74. The topological polar surface area (TPSA) is 12.0 Å². The largest absolute Gasteiger partial charge is 0.384 e. The van der Waals surface area contributed by atoms with Crippen LogP contribution in [0.2, 0.25) is 0 Å². The molecule has 0 bridgehead atoms. The van der Waals surface area contributed by atoms with Gasteiger partial charge in [-0.15, -0.1) is 11.8 Å². The summed E-state index contributed by atoms with van der Waals surface area (Å²) >= 11 is 0. The SMILES string of the molecule is CC#CCCNc1cc(F)c(F)c(F)c1. The lowest BCUT2D eigenvalue weighted by Crippen LogP contribution is -2.02. The molecule has 0 spiro atoms. The fourth-order valence-corrected chi connectivity index (χ4v) is 1.05. The van der Waals surface area contributed by atoms with Crippen molar-refractivity contribution in [2.75, 3.05) is 11.9 Å². The molecule has 0 aromatic heterocycles. The average molecular weight is 213 g/mol. The molecule has 1 rings (SSSR count). The first-order valence-corrected chi connectivity index (χ1v) is 4.43. The number of rotatable bonds is 3. The van der Waals surface area contributed by atoms with Crippen molar-refractivity contribution in [3.05, 3.63) is 29.6 Å². The molecule has 0 unspecified atom stereocenters. The van der Waals surface area contributed by atoms with Gasteiger partial charge in [0.25, 0.3) is 0 Å². The second-order valence-electron chi connectivity index (χ2n) is 2.86. The van der Waals surface area contributed by atoms with Crippen molar-refractivity contribution in [2.45, 2.75) is 13.3 Å². The number of anilines is 1. The van der Waals surface area contributed by atoms with E-state index in [1.807, 2.05) is 0 Å². The van der Waals surface area contributed by atoms with Crippen LogP contribution >= 0.6 is 0 Å². The minimum Gasteiger partial charge on any atom is -0.384 e. The molecular formula is C11H10F3N. The highest BCUT2D eigenvalue weighted by molar-refractivity contribution is 5.44. The molecule has 4 heteroatoms. The molecular weight excluding hydrogens is 203 g/mol. The lowest BCUT2D eigenvalue weighted by molar-refractivity contribution is 0.447. The number of nitrogens with one attached hydrogen (secondary N) is 1. The van der Waals surface area contributed by atoms with Gasteiger partial charge in [0.05, 0.1) is 0 Å². The van der Waals surface area contributed by atoms with Crippen LogP contribution in [0.25, 0.3) is 0 Å². The minimum atomic E-state index is -1.45. The van der Waals surface area contributed by atoms with Gasteiger partial charge in [0, 0.05) is 30.8 Å². The van der Waals surface area contributed by atoms with Crippen LogP contribution in [0.3, 0.4) is 0 Å². The Bertz CT molecular complexity index is 381. The Hall–Kier alpha value is -1.63. The summed E-state index contributed by atoms with van der Waals surface area (Å²) in [5, 5.41) is 2.74. The van der Waals surface area contributed by atoms with Crippen LogP contribution in [0, 0.1) is 29.3 Å². The maximum atomic E-state index is 12.7. The van der Waals surface area contributed by atoms with Crippen LogP contribution < -0.4 is 5.32 Å². The van der Waals surface area contributed by atoms with E-state index in [0.29, 0.717) is 13.0 Å². The second kappa shape index (κ2) is 5.30.